The molecule has 24 heavy (non-hydrogen) atoms. The minimum atomic E-state index is -0.0199. The van der Waals surface area contributed by atoms with Gasteiger partial charge in [0, 0.05) is 45.5 Å². The molecule has 0 radical (unpaired) electrons. The van der Waals surface area contributed by atoms with Crippen LogP contribution in [0.1, 0.15) is 29.8 Å². The Morgan fingerprint density at radius 1 is 1.21 bits per heavy atom. The molecule has 4 rings (SSSR count). The van der Waals surface area contributed by atoms with E-state index in [1.807, 2.05) is 34.8 Å². The molecule has 3 saturated heterocycles. The van der Waals surface area contributed by atoms with Gasteiger partial charge < -0.3 is 18.9 Å². The Hall–Kier alpha value is -1.37. The molecule has 0 unspecified atom stereocenters. The maximum Gasteiger partial charge on any atom is 0.270 e. The van der Waals surface area contributed by atoms with E-state index in [0.717, 1.165) is 71.0 Å². The Bertz CT molecular complexity index is 586. The summed E-state index contributed by atoms with van der Waals surface area (Å²) in [7, 11) is 1.92. The number of rotatable bonds is 2. The van der Waals surface area contributed by atoms with Crippen molar-refractivity contribution < 1.29 is 14.3 Å². The molecule has 3 fully saturated rings. The zero-order chi connectivity index (χ0) is 16.6. The van der Waals surface area contributed by atoms with Gasteiger partial charge in [0.25, 0.3) is 5.91 Å². The van der Waals surface area contributed by atoms with Crippen molar-refractivity contribution in [2.24, 2.45) is 7.05 Å². The van der Waals surface area contributed by atoms with Crippen molar-refractivity contribution in [1.29, 1.82) is 0 Å². The average molecular weight is 333 g/mol. The van der Waals surface area contributed by atoms with E-state index < -0.39 is 0 Å². The SMILES string of the molecule is Cn1cccc1C(=O)N1CCC2(CC1)C[C@@H](N1CCOCC1)CO2. The van der Waals surface area contributed by atoms with Crippen LogP contribution >= 0.6 is 0 Å². The van der Waals surface area contributed by atoms with E-state index in [1.165, 1.54) is 0 Å². The first-order valence-electron chi connectivity index (χ1n) is 9.03. The van der Waals surface area contributed by atoms with E-state index in [0.29, 0.717) is 6.04 Å². The van der Waals surface area contributed by atoms with E-state index in [-0.39, 0.29) is 11.5 Å². The Labute approximate surface area is 143 Å². The van der Waals surface area contributed by atoms with E-state index in [2.05, 4.69) is 4.90 Å². The Balaban J connectivity index is 1.34. The molecular weight excluding hydrogens is 306 g/mol. The molecule has 0 aromatic carbocycles. The Morgan fingerprint density at radius 3 is 2.62 bits per heavy atom. The first-order valence-corrected chi connectivity index (χ1v) is 9.03. The molecular formula is C18H27N3O3. The molecule has 4 heterocycles. The highest BCUT2D eigenvalue weighted by Crippen LogP contribution is 2.38. The van der Waals surface area contributed by atoms with Crippen LogP contribution < -0.4 is 0 Å². The van der Waals surface area contributed by atoms with E-state index in [4.69, 9.17) is 9.47 Å². The van der Waals surface area contributed by atoms with Gasteiger partial charge in [0.15, 0.2) is 0 Å². The van der Waals surface area contributed by atoms with Crippen molar-refractivity contribution >= 4 is 5.91 Å². The van der Waals surface area contributed by atoms with Crippen molar-refractivity contribution in [2.75, 3.05) is 46.0 Å². The fraction of sp³-hybridized carbons (Fsp3) is 0.722. The molecule has 1 atom stereocenters. The fourth-order valence-electron chi connectivity index (χ4n) is 4.31. The van der Waals surface area contributed by atoms with Crippen molar-refractivity contribution in [3.05, 3.63) is 24.0 Å². The molecule has 0 aliphatic carbocycles. The van der Waals surface area contributed by atoms with Gasteiger partial charge in [0.05, 0.1) is 25.4 Å². The average Bonchev–Trinajstić information content (AvgIpc) is 3.23. The predicted molar refractivity (Wildman–Crippen MR) is 90.0 cm³/mol. The number of likely N-dealkylation sites (tertiary alicyclic amines) is 1. The number of ether oxygens (including phenoxy) is 2. The number of piperidine rings is 1. The molecule has 1 spiro atoms. The molecule has 1 aromatic heterocycles. The largest absolute Gasteiger partial charge is 0.379 e. The molecule has 3 aliphatic rings. The number of nitrogens with zero attached hydrogens (tertiary/aromatic N) is 3. The normalized spacial score (nSPS) is 27.7. The maximum absolute atomic E-state index is 12.6. The van der Waals surface area contributed by atoms with Gasteiger partial charge in [-0.25, -0.2) is 0 Å². The predicted octanol–water partition coefficient (Wildman–Crippen LogP) is 1.12. The molecule has 0 N–H and O–H groups in total. The van der Waals surface area contributed by atoms with Gasteiger partial charge in [-0.3, -0.25) is 9.69 Å². The molecule has 6 nitrogen and oxygen atoms in total. The summed E-state index contributed by atoms with van der Waals surface area (Å²) < 4.78 is 13.6. The molecule has 1 amide bonds. The molecule has 0 bridgehead atoms. The highest BCUT2D eigenvalue weighted by Gasteiger charge is 2.45. The van der Waals surface area contributed by atoms with E-state index in [9.17, 15) is 4.79 Å². The smallest absolute Gasteiger partial charge is 0.270 e. The zero-order valence-corrected chi connectivity index (χ0v) is 14.4. The minimum absolute atomic E-state index is 0.0199. The van der Waals surface area contributed by atoms with Gasteiger partial charge in [-0.1, -0.05) is 0 Å². The number of hydrogen-bond acceptors (Lipinski definition) is 4. The second kappa shape index (κ2) is 6.50. The third-order valence-electron chi connectivity index (χ3n) is 5.88. The quantitative estimate of drug-likeness (QED) is 0.814. The number of aromatic nitrogens is 1. The fourth-order valence-corrected chi connectivity index (χ4v) is 4.31. The number of aryl methyl sites for hydroxylation is 1. The number of morpholine rings is 1. The first-order chi connectivity index (χ1) is 11.7. The number of carbonyl (C=O) groups is 1. The van der Waals surface area contributed by atoms with Gasteiger partial charge in [-0.05, 0) is 31.4 Å². The topological polar surface area (TPSA) is 46.9 Å². The van der Waals surface area contributed by atoms with Crippen LogP contribution in [0.5, 0.6) is 0 Å². The van der Waals surface area contributed by atoms with Gasteiger partial charge in [0.2, 0.25) is 0 Å². The van der Waals surface area contributed by atoms with Crippen LogP contribution in [0.15, 0.2) is 18.3 Å². The second-order valence-corrected chi connectivity index (χ2v) is 7.30. The van der Waals surface area contributed by atoms with Crippen LogP contribution in [0.25, 0.3) is 0 Å². The summed E-state index contributed by atoms with van der Waals surface area (Å²) in [5, 5.41) is 0. The van der Waals surface area contributed by atoms with Crippen LogP contribution in [-0.2, 0) is 16.5 Å². The van der Waals surface area contributed by atoms with Crippen LogP contribution in [-0.4, -0.2) is 77.9 Å². The summed E-state index contributed by atoms with van der Waals surface area (Å²) in [6.07, 6.45) is 4.92. The van der Waals surface area contributed by atoms with Crippen LogP contribution in [0.2, 0.25) is 0 Å². The monoisotopic (exact) mass is 333 g/mol. The zero-order valence-electron chi connectivity index (χ0n) is 14.4. The van der Waals surface area contributed by atoms with Crippen LogP contribution in [0.3, 0.4) is 0 Å². The highest BCUT2D eigenvalue weighted by atomic mass is 16.5. The van der Waals surface area contributed by atoms with Crippen molar-refractivity contribution in [3.63, 3.8) is 0 Å². The minimum Gasteiger partial charge on any atom is -0.379 e. The first kappa shape index (κ1) is 16.1. The van der Waals surface area contributed by atoms with Gasteiger partial charge in [-0.2, -0.15) is 0 Å². The van der Waals surface area contributed by atoms with Gasteiger partial charge in [-0.15, -0.1) is 0 Å². The van der Waals surface area contributed by atoms with Crippen LogP contribution in [0, 0.1) is 0 Å². The highest BCUT2D eigenvalue weighted by molar-refractivity contribution is 5.92. The molecule has 0 saturated carbocycles. The standard InChI is InChI=1S/C18H27N3O3/c1-19-6-2-3-16(19)17(22)21-7-4-18(5-8-21)13-15(14-24-18)20-9-11-23-12-10-20/h2-3,6,15H,4-5,7-14H2,1H3/t15-/m1/s1. The molecule has 132 valence electrons. The Kier molecular flexibility index (Phi) is 4.37. The molecule has 3 aliphatic heterocycles. The summed E-state index contributed by atoms with van der Waals surface area (Å²) in [5.41, 5.74) is 0.748. The lowest BCUT2D eigenvalue weighted by molar-refractivity contribution is -0.0402. The summed E-state index contributed by atoms with van der Waals surface area (Å²) in [4.78, 5) is 17.1. The lowest BCUT2D eigenvalue weighted by Gasteiger charge is -2.39. The third kappa shape index (κ3) is 2.98. The van der Waals surface area contributed by atoms with E-state index >= 15 is 0 Å². The lowest BCUT2D eigenvalue weighted by Crippen LogP contribution is -2.48. The van der Waals surface area contributed by atoms with Crippen molar-refractivity contribution in [3.8, 4) is 0 Å². The number of amides is 1. The van der Waals surface area contributed by atoms with Crippen LogP contribution in [0.4, 0.5) is 0 Å². The number of carbonyl (C=O) groups excluding carboxylic acids is 1. The maximum atomic E-state index is 12.6. The second-order valence-electron chi connectivity index (χ2n) is 7.30. The lowest BCUT2D eigenvalue weighted by atomic mass is 9.87. The van der Waals surface area contributed by atoms with Crippen molar-refractivity contribution in [2.45, 2.75) is 30.9 Å². The summed E-state index contributed by atoms with van der Waals surface area (Å²) in [5.74, 6) is 0.139. The van der Waals surface area contributed by atoms with Gasteiger partial charge >= 0.3 is 0 Å². The summed E-state index contributed by atoms with van der Waals surface area (Å²) >= 11 is 0. The Morgan fingerprint density at radius 2 is 1.96 bits per heavy atom. The summed E-state index contributed by atoms with van der Waals surface area (Å²) in [6, 6.07) is 4.34. The molecule has 1 aromatic rings. The van der Waals surface area contributed by atoms with E-state index in [1.54, 1.807) is 0 Å². The summed E-state index contributed by atoms with van der Waals surface area (Å²) in [6.45, 7) is 6.11. The molecule has 6 heteroatoms. The van der Waals surface area contributed by atoms with Crippen molar-refractivity contribution in [1.82, 2.24) is 14.4 Å². The third-order valence-corrected chi connectivity index (χ3v) is 5.88. The van der Waals surface area contributed by atoms with Gasteiger partial charge in [0.1, 0.15) is 5.69 Å². The number of hydrogen-bond donors (Lipinski definition) is 0.